The summed E-state index contributed by atoms with van der Waals surface area (Å²) < 4.78 is 0. The Bertz CT molecular complexity index is 112. The van der Waals surface area contributed by atoms with Crippen LogP contribution in [-0.2, 0) is 0 Å². The van der Waals surface area contributed by atoms with E-state index in [1.807, 2.05) is 27.1 Å². The van der Waals surface area contributed by atoms with E-state index < -0.39 is 0 Å². The zero-order chi connectivity index (χ0) is 9.11. The van der Waals surface area contributed by atoms with Crippen molar-refractivity contribution in [2.75, 3.05) is 7.05 Å². The molecule has 0 radical (unpaired) electrons. The Kier molecular flexibility index (Phi) is 14.1. The maximum Gasteiger partial charge on any atom is 0.00277 e. The van der Waals surface area contributed by atoms with Gasteiger partial charge < -0.3 is 5.32 Å². The van der Waals surface area contributed by atoms with Gasteiger partial charge in [0.25, 0.3) is 0 Å². The summed E-state index contributed by atoms with van der Waals surface area (Å²) in [5.74, 6) is 0. The van der Waals surface area contributed by atoms with Crippen LogP contribution < -0.4 is 5.32 Å². The average molecular weight is 155 g/mol. The standard InChI is InChI=1S/C8H15N.C2H6/c1-4-8(5-2)6-7-9-3;1-2/h4,6-7,9H,5H2,1-3H3;1-2H3/b7-6-,8-4-;. The van der Waals surface area contributed by atoms with Crippen molar-refractivity contribution in [1.82, 2.24) is 5.32 Å². The highest BCUT2D eigenvalue weighted by Gasteiger charge is 1.80. The molecule has 0 unspecified atom stereocenters. The summed E-state index contributed by atoms with van der Waals surface area (Å²) in [6.07, 6.45) is 7.25. The summed E-state index contributed by atoms with van der Waals surface area (Å²) in [4.78, 5) is 0. The van der Waals surface area contributed by atoms with Crippen LogP contribution in [0, 0.1) is 0 Å². The molecule has 0 fully saturated rings. The highest BCUT2D eigenvalue weighted by molar-refractivity contribution is 5.16. The smallest absolute Gasteiger partial charge is 0.00277 e. The Hall–Kier alpha value is -0.720. The highest BCUT2D eigenvalue weighted by atomic mass is 14.8. The normalized spacial score (nSPS) is 10.8. The number of hydrogen-bond donors (Lipinski definition) is 1. The predicted molar refractivity (Wildman–Crippen MR) is 53.6 cm³/mol. The van der Waals surface area contributed by atoms with Gasteiger partial charge in [-0.05, 0) is 25.6 Å². The van der Waals surface area contributed by atoms with E-state index in [-0.39, 0.29) is 0 Å². The van der Waals surface area contributed by atoms with Crippen LogP contribution in [0.4, 0.5) is 0 Å². The van der Waals surface area contributed by atoms with Crippen LogP contribution in [0.2, 0.25) is 0 Å². The Morgan fingerprint density at radius 2 is 1.91 bits per heavy atom. The van der Waals surface area contributed by atoms with Crippen molar-refractivity contribution < 1.29 is 0 Å². The molecule has 66 valence electrons. The van der Waals surface area contributed by atoms with E-state index in [1.165, 1.54) is 5.57 Å². The lowest BCUT2D eigenvalue weighted by Crippen LogP contribution is -1.91. The molecule has 0 bridgehead atoms. The molecular formula is C10H21N. The van der Waals surface area contributed by atoms with Crippen molar-refractivity contribution in [3.63, 3.8) is 0 Å². The van der Waals surface area contributed by atoms with Gasteiger partial charge in [-0.25, -0.2) is 0 Å². The average Bonchev–Trinajstić information content (AvgIpc) is 2.10. The lowest BCUT2D eigenvalue weighted by molar-refractivity contribution is 1.08. The van der Waals surface area contributed by atoms with Gasteiger partial charge in [0.15, 0.2) is 0 Å². The van der Waals surface area contributed by atoms with Gasteiger partial charge in [0.1, 0.15) is 0 Å². The van der Waals surface area contributed by atoms with Crippen molar-refractivity contribution in [2.24, 2.45) is 0 Å². The topological polar surface area (TPSA) is 12.0 Å². The van der Waals surface area contributed by atoms with Crippen molar-refractivity contribution in [3.8, 4) is 0 Å². The number of nitrogens with one attached hydrogen (secondary N) is 1. The van der Waals surface area contributed by atoms with Crippen LogP contribution in [0.1, 0.15) is 34.1 Å². The molecule has 0 rings (SSSR count). The zero-order valence-corrected chi connectivity index (χ0v) is 8.44. The minimum absolute atomic E-state index is 1.11. The quantitative estimate of drug-likeness (QED) is 0.617. The molecule has 0 aliphatic rings. The van der Waals surface area contributed by atoms with Crippen molar-refractivity contribution in [2.45, 2.75) is 34.1 Å². The summed E-state index contributed by atoms with van der Waals surface area (Å²) in [6, 6.07) is 0. The second kappa shape index (κ2) is 12.0. The first-order valence-corrected chi connectivity index (χ1v) is 4.34. The van der Waals surface area contributed by atoms with Gasteiger partial charge in [0.05, 0.1) is 0 Å². The molecule has 0 heterocycles. The van der Waals surface area contributed by atoms with Crippen LogP contribution in [0.3, 0.4) is 0 Å². The maximum absolute atomic E-state index is 2.95. The first-order chi connectivity index (χ1) is 5.35. The molecule has 1 heteroatoms. The molecule has 0 saturated carbocycles. The molecule has 1 nitrogen and oxygen atoms in total. The molecule has 0 aromatic carbocycles. The fourth-order valence-electron chi connectivity index (χ4n) is 0.609. The molecular weight excluding hydrogens is 134 g/mol. The first-order valence-electron chi connectivity index (χ1n) is 4.34. The van der Waals surface area contributed by atoms with Crippen LogP contribution in [0.5, 0.6) is 0 Å². The molecule has 0 spiro atoms. The summed E-state index contributed by atoms with van der Waals surface area (Å²) in [5, 5.41) is 2.95. The second-order valence-corrected chi connectivity index (χ2v) is 1.84. The molecule has 0 aliphatic carbocycles. The van der Waals surface area contributed by atoms with Gasteiger partial charge in [-0.15, -0.1) is 0 Å². The summed E-state index contributed by atoms with van der Waals surface area (Å²) in [5.41, 5.74) is 1.37. The summed E-state index contributed by atoms with van der Waals surface area (Å²) in [6.45, 7) is 8.20. The third-order valence-electron chi connectivity index (χ3n) is 1.24. The third-order valence-corrected chi connectivity index (χ3v) is 1.24. The third kappa shape index (κ3) is 9.28. The fourth-order valence-corrected chi connectivity index (χ4v) is 0.609. The molecule has 11 heavy (non-hydrogen) atoms. The molecule has 0 aliphatic heterocycles. The number of rotatable bonds is 3. The van der Waals surface area contributed by atoms with E-state index >= 15 is 0 Å². The maximum atomic E-state index is 2.95. The molecule has 0 saturated heterocycles. The zero-order valence-electron chi connectivity index (χ0n) is 8.44. The minimum atomic E-state index is 1.11. The highest BCUT2D eigenvalue weighted by Crippen LogP contribution is 1.99. The molecule has 0 amide bonds. The molecule has 0 aromatic rings. The SMILES string of the molecule is C/C=C(\C=C/NC)CC.CC. The number of allylic oxidation sites excluding steroid dienone is 3. The van der Waals surface area contributed by atoms with E-state index in [9.17, 15) is 0 Å². The first kappa shape index (κ1) is 12.9. The minimum Gasteiger partial charge on any atom is -0.394 e. The number of hydrogen-bond acceptors (Lipinski definition) is 1. The van der Waals surface area contributed by atoms with Gasteiger partial charge in [-0.1, -0.05) is 32.4 Å². The molecule has 1 N–H and O–H groups in total. The van der Waals surface area contributed by atoms with Gasteiger partial charge in [-0.3, -0.25) is 0 Å². The van der Waals surface area contributed by atoms with E-state index in [1.54, 1.807) is 0 Å². The van der Waals surface area contributed by atoms with Crippen molar-refractivity contribution >= 4 is 0 Å². The molecule has 0 aromatic heterocycles. The van der Waals surface area contributed by atoms with Crippen LogP contribution in [-0.4, -0.2) is 7.05 Å². The van der Waals surface area contributed by atoms with Crippen molar-refractivity contribution in [3.05, 3.63) is 23.9 Å². The second-order valence-electron chi connectivity index (χ2n) is 1.84. The van der Waals surface area contributed by atoms with Gasteiger partial charge >= 0.3 is 0 Å². The Labute approximate surface area is 71.2 Å². The molecule has 0 atom stereocenters. The van der Waals surface area contributed by atoms with Gasteiger partial charge in [0, 0.05) is 7.05 Å². The Morgan fingerprint density at radius 3 is 2.18 bits per heavy atom. The van der Waals surface area contributed by atoms with Crippen molar-refractivity contribution in [1.29, 1.82) is 0 Å². The van der Waals surface area contributed by atoms with E-state index in [4.69, 9.17) is 0 Å². The fraction of sp³-hybridized carbons (Fsp3) is 0.600. The lowest BCUT2D eigenvalue weighted by atomic mass is 10.2. The van der Waals surface area contributed by atoms with E-state index in [0.717, 1.165) is 6.42 Å². The van der Waals surface area contributed by atoms with Gasteiger partial charge in [-0.2, -0.15) is 0 Å². The van der Waals surface area contributed by atoms with Gasteiger partial charge in [0.2, 0.25) is 0 Å². The van der Waals surface area contributed by atoms with Crippen LogP contribution in [0.15, 0.2) is 23.9 Å². The lowest BCUT2D eigenvalue weighted by Gasteiger charge is -1.92. The summed E-state index contributed by atoms with van der Waals surface area (Å²) >= 11 is 0. The Balaban J connectivity index is 0. The largest absolute Gasteiger partial charge is 0.394 e. The van der Waals surface area contributed by atoms with Crippen LogP contribution >= 0.6 is 0 Å². The van der Waals surface area contributed by atoms with E-state index in [2.05, 4.69) is 31.3 Å². The Morgan fingerprint density at radius 1 is 1.36 bits per heavy atom. The monoisotopic (exact) mass is 155 g/mol. The predicted octanol–water partition coefficient (Wildman–Crippen LogP) is 3.10. The van der Waals surface area contributed by atoms with E-state index in [0.29, 0.717) is 0 Å². The summed E-state index contributed by atoms with van der Waals surface area (Å²) in [7, 11) is 1.90. The van der Waals surface area contributed by atoms with Crippen LogP contribution in [0.25, 0.3) is 0 Å².